The van der Waals surface area contributed by atoms with Crippen LogP contribution in [0.2, 0.25) is 25.2 Å². The summed E-state index contributed by atoms with van der Waals surface area (Å²) in [5.74, 6) is 0. The molecule has 0 unspecified atom stereocenters. The molecule has 1 rings (SSSR count). The van der Waals surface area contributed by atoms with Gasteiger partial charge < -0.3 is 17.8 Å². The lowest BCUT2D eigenvalue weighted by Crippen LogP contribution is -2.52. The van der Waals surface area contributed by atoms with Gasteiger partial charge >= 0.3 is 8.80 Å². The van der Waals surface area contributed by atoms with Gasteiger partial charge in [0.25, 0.3) is 0 Å². The molecule has 0 aliphatic carbocycles. The van der Waals surface area contributed by atoms with Gasteiger partial charge in [-0.05, 0) is 59.2 Å². The van der Waals surface area contributed by atoms with Crippen LogP contribution in [0.4, 0.5) is 0 Å². The molecule has 0 bridgehead atoms. The van der Waals surface area contributed by atoms with Gasteiger partial charge in [0, 0.05) is 25.9 Å². The molecule has 0 spiro atoms. The van der Waals surface area contributed by atoms with E-state index in [4.69, 9.17) is 13.3 Å². The van der Waals surface area contributed by atoms with Crippen molar-refractivity contribution in [2.24, 2.45) is 0 Å². The second-order valence-electron chi connectivity index (χ2n) is 6.70. The van der Waals surface area contributed by atoms with E-state index in [1.165, 1.54) is 38.4 Å². The van der Waals surface area contributed by atoms with Crippen molar-refractivity contribution >= 4 is 17.0 Å². The average Bonchev–Trinajstić information content (AvgIpc) is 2.45. The van der Waals surface area contributed by atoms with E-state index in [0.29, 0.717) is 19.8 Å². The Kier molecular flexibility index (Phi) is 9.42. The van der Waals surface area contributed by atoms with Gasteiger partial charge in [-0.2, -0.15) is 0 Å². The molecule has 4 nitrogen and oxygen atoms in total. The molecule has 0 amide bonds. The molecule has 22 heavy (non-hydrogen) atoms. The molecule has 1 saturated heterocycles. The molecule has 0 radical (unpaired) electrons. The number of rotatable bonds is 11. The fourth-order valence-corrected chi connectivity index (χ4v) is 9.02. The summed E-state index contributed by atoms with van der Waals surface area (Å²) in [6.07, 6.45) is 5.20. The second kappa shape index (κ2) is 10.2. The highest BCUT2D eigenvalue weighted by Gasteiger charge is 2.39. The predicted octanol–water partition coefficient (Wildman–Crippen LogP) is 4.12. The van der Waals surface area contributed by atoms with Crippen molar-refractivity contribution in [3.8, 4) is 0 Å². The van der Waals surface area contributed by atoms with Crippen LogP contribution >= 0.6 is 0 Å². The van der Waals surface area contributed by atoms with Gasteiger partial charge in [-0.1, -0.05) is 19.5 Å². The third kappa shape index (κ3) is 6.41. The summed E-state index contributed by atoms with van der Waals surface area (Å²) in [5.41, 5.74) is 0. The molecule has 0 aromatic heterocycles. The SMILES string of the molecule is CCO[Si](CCCCN1CCCC[Si]1(C)C)(OCC)OCC. The van der Waals surface area contributed by atoms with Crippen LogP contribution in [-0.4, -0.2) is 54.5 Å². The average molecular weight is 348 g/mol. The van der Waals surface area contributed by atoms with Gasteiger partial charge in [-0.15, -0.1) is 0 Å². The monoisotopic (exact) mass is 347 g/mol. The van der Waals surface area contributed by atoms with E-state index in [1.54, 1.807) is 0 Å². The van der Waals surface area contributed by atoms with Gasteiger partial charge in [-0.3, -0.25) is 0 Å². The lowest BCUT2D eigenvalue weighted by atomic mass is 10.3. The molecular formula is C16H37NO3Si2. The van der Waals surface area contributed by atoms with Crippen LogP contribution in [0.3, 0.4) is 0 Å². The van der Waals surface area contributed by atoms with E-state index in [9.17, 15) is 0 Å². The van der Waals surface area contributed by atoms with Gasteiger partial charge in [0.2, 0.25) is 0 Å². The second-order valence-corrected chi connectivity index (χ2v) is 14.2. The fraction of sp³-hybridized carbons (Fsp3) is 1.00. The summed E-state index contributed by atoms with van der Waals surface area (Å²) < 4.78 is 20.6. The van der Waals surface area contributed by atoms with Crippen molar-refractivity contribution in [2.75, 3.05) is 32.9 Å². The Bertz CT molecular complexity index is 286. The van der Waals surface area contributed by atoms with Gasteiger partial charge in [0.05, 0.1) is 0 Å². The molecule has 132 valence electrons. The molecule has 0 aromatic rings. The normalized spacial score (nSPS) is 19.5. The van der Waals surface area contributed by atoms with Gasteiger partial charge in [-0.25, -0.2) is 0 Å². The third-order valence-corrected chi connectivity index (χ3v) is 11.5. The van der Waals surface area contributed by atoms with Gasteiger partial charge in [0.1, 0.15) is 8.24 Å². The summed E-state index contributed by atoms with van der Waals surface area (Å²) in [6, 6.07) is 2.42. The lowest BCUT2D eigenvalue weighted by molar-refractivity contribution is 0.0706. The van der Waals surface area contributed by atoms with Crippen molar-refractivity contribution in [2.45, 2.75) is 71.6 Å². The minimum atomic E-state index is -2.43. The summed E-state index contributed by atoms with van der Waals surface area (Å²) in [4.78, 5) is 0. The number of unbranched alkanes of at least 4 members (excludes halogenated alkanes) is 1. The third-order valence-electron chi connectivity index (χ3n) is 4.58. The molecule has 6 heteroatoms. The Morgan fingerprint density at radius 3 is 2.00 bits per heavy atom. The predicted molar refractivity (Wildman–Crippen MR) is 97.8 cm³/mol. The van der Waals surface area contributed by atoms with Crippen LogP contribution in [0.1, 0.15) is 46.5 Å². The van der Waals surface area contributed by atoms with Crippen molar-refractivity contribution in [1.82, 2.24) is 4.57 Å². The summed E-state index contributed by atoms with van der Waals surface area (Å²) >= 11 is 0. The minimum absolute atomic E-state index is 0.679. The molecule has 0 atom stereocenters. The first kappa shape index (κ1) is 20.3. The van der Waals surface area contributed by atoms with E-state index in [1.807, 2.05) is 20.8 Å². The lowest BCUT2D eigenvalue weighted by Gasteiger charge is -2.41. The van der Waals surface area contributed by atoms with Crippen LogP contribution in [0.5, 0.6) is 0 Å². The number of nitrogens with zero attached hydrogens (tertiary/aromatic N) is 1. The van der Waals surface area contributed by atoms with Crippen LogP contribution in [0.15, 0.2) is 0 Å². The summed E-state index contributed by atoms with van der Waals surface area (Å²) in [6.45, 7) is 15.7. The quantitative estimate of drug-likeness (QED) is 0.415. The van der Waals surface area contributed by atoms with Crippen molar-refractivity contribution in [1.29, 1.82) is 0 Å². The maximum absolute atomic E-state index is 5.93. The molecule has 0 N–H and O–H groups in total. The maximum Gasteiger partial charge on any atom is 0.500 e. The zero-order chi connectivity index (χ0) is 16.5. The van der Waals surface area contributed by atoms with E-state index in [2.05, 4.69) is 17.7 Å². The minimum Gasteiger partial charge on any atom is -0.374 e. The summed E-state index contributed by atoms with van der Waals surface area (Å²) in [7, 11) is -3.54. The van der Waals surface area contributed by atoms with Crippen LogP contribution < -0.4 is 0 Å². The van der Waals surface area contributed by atoms with Crippen molar-refractivity contribution in [3.05, 3.63) is 0 Å². The molecule has 1 aliphatic heterocycles. The molecule has 0 aromatic carbocycles. The highest BCUT2D eigenvalue weighted by molar-refractivity contribution is 6.74. The Morgan fingerprint density at radius 1 is 0.909 bits per heavy atom. The first-order valence-electron chi connectivity index (χ1n) is 9.16. The Balaban J connectivity index is 2.41. The molecule has 1 fully saturated rings. The maximum atomic E-state index is 5.93. The number of hydrogen-bond donors (Lipinski definition) is 0. The van der Waals surface area contributed by atoms with E-state index in [-0.39, 0.29) is 0 Å². The Morgan fingerprint density at radius 2 is 1.50 bits per heavy atom. The first-order chi connectivity index (χ1) is 10.5. The molecule has 1 heterocycles. The van der Waals surface area contributed by atoms with E-state index >= 15 is 0 Å². The van der Waals surface area contributed by atoms with Crippen LogP contribution in [0.25, 0.3) is 0 Å². The Hall–Kier alpha value is 0.274. The highest BCUT2D eigenvalue weighted by Crippen LogP contribution is 2.26. The molecular weight excluding hydrogens is 310 g/mol. The largest absolute Gasteiger partial charge is 0.500 e. The van der Waals surface area contributed by atoms with E-state index < -0.39 is 17.0 Å². The molecule has 1 aliphatic rings. The van der Waals surface area contributed by atoms with Crippen LogP contribution in [-0.2, 0) is 13.3 Å². The van der Waals surface area contributed by atoms with Crippen molar-refractivity contribution < 1.29 is 13.3 Å². The van der Waals surface area contributed by atoms with E-state index in [0.717, 1.165) is 12.5 Å². The van der Waals surface area contributed by atoms with Gasteiger partial charge in [0.15, 0.2) is 0 Å². The number of hydrogen-bond acceptors (Lipinski definition) is 4. The highest BCUT2D eigenvalue weighted by atomic mass is 28.4. The first-order valence-corrected chi connectivity index (χ1v) is 14.2. The fourth-order valence-electron chi connectivity index (χ4n) is 3.38. The smallest absolute Gasteiger partial charge is 0.374 e. The standard InChI is InChI=1S/C16H37NO3Si2/c1-6-18-22(19-7-2,20-8-3)16-12-10-14-17-13-9-11-15-21(17,4)5/h6-16H2,1-5H3. The zero-order valence-electron chi connectivity index (χ0n) is 15.5. The topological polar surface area (TPSA) is 30.9 Å². The molecule has 0 saturated carbocycles. The van der Waals surface area contributed by atoms with Crippen molar-refractivity contribution in [3.63, 3.8) is 0 Å². The zero-order valence-corrected chi connectivity index (χ0v) is 17.5. The van der Waals surface area contributed by atoms with Crippen LogP contribution in [0, 0.1) is 0 Å². The summed E-state index contributed by atoms with van der Waals surface area (Å²) in [5, 5.41) is 0. The Labute approximate surface area is 140 Å².